The van der Waals surface area contributed by atoms with Gasteiger partial charge in [-0.25, -0.2) is 9.18 Å². The highest BCUT2D eigenvalue weighted by Gasteiger charge is 2.25. The van der Waals surface area contributed by atoms with E-state index in [1.54, 1.807) is 34.3 Å². The van der Waals surface area contributed by atoms with Crippen LogP contribution in [-0.4, -0.2) is 28.0 Å². The molecular weight excluding hydrogens is 563 g/mol. The Labute approximate surface area is 220 Å². The van der Waals surface area contributed by atoms with Gasteiger partial charge in [0.1, 0.15) is 10.8 Å². The predicted octanol–water partition coefficient (Wildman–Crippen LogP) is 6.80. The van der Waals surface area contributed by atoms with Crippen LogP contribution in [0.15, 0.2) is 28.9 Å². The largest absolute Gasteiger partial charge is 0.465 e. The lowest BCUT2D eigenvalue weighted by Crippen LogP contribution is -2.21. The third kappa shape index (κ3) is 5.62. The molecule has 0 aliphatic heterocycles. The summed E-state index contributed by atoms with van der Waals surface area (Å²) in [5.41, 5.74) is 1.98. The number of halogens is 3. The van der Waals surface area contributed by atoms with E-state index in [1.165, 1.54) is 24.5 Å². The van der Waals surface area contributed by atoms with Gasteiger partial charge in [0.15, 0.2) is 10.9 Å². The Kier molecular flexibility index (Phi) is 8.23. The van der Waals surface area contributed by atoms with E-state index in [4.69, 9.17) is 28.6 Å². The van der Waals surface area contributed by atoms with Crippen LogP contribution in [0.25, 0.3) is 0 Å². The number of anilines is 2. The molecule has 0 atom stereocenters. The Balaban J connectivity index is 1.52. The van der Waals surface area contributed by atoms with Gasteiger partial charge >= 0.3 is 5.97 Å². The highest BCUT2D eigenvalue weighted by atomic mass is 79.9. The molecule has 1 aromatic carbocycles. The van der Waals surface area contributed by atoms with Crippen LogP contribution < -0.4 is 10.6 Å². The Morgan fingerprint density at radius 2 is 2.06 bits per heavy atom. The first-order chi connectivity index (χ1) is 16.4. The van der Waals surface area contributed by atoms with Gasteiger partial charge in [-0.3, -0.25) is 4.68 Å². The van der Waals surface area contributed by atoms with Gasteiger partial charge < -0.3 is 15.4 Å². The highest BCUT2D eigenvalue weighted by Crippen LogP contribution is 2.37. The van der Waals surface area contributed by atoms with Crippen LogP contribution in [0.3, 0.4) is 0 Å². The van der Waals surface area contributed by atoms with Crippen LogP contribution in [0, 0.1) is 5.82 Å². The zero-order valence-corrected chi connectivity index (χ0v) is 22.4. The minimum atomic E-state index is -0.394. The summed E-state index contributed by atoms with van der Waals surface area (Å²) in [6, 6.07) is 4.56. The summed E-state index contributed by atoms with van der Waals surface area (Å²) in [7, 11) is 1.39. The molecule has 0 spiro atoms. The topological polar surface area (TPSA) is 68.2 Å². The first-order valence-corrected chi connectivity index (χ1v) is 13.2. The second-order valence-corrected chi connectivity index (χ2v) is 10.7. The molecule has 0 amide bonds. The number of carbonyl (C=O) groups excluding carboxylic acids is 1. The van der Waals surface area contributed by atoms with E-state index in [-0.39, 0.29) is 17.6 Å². The first kappa shape index (κ1) is 25.1. The van der Waals surface area contributed by atoms with Crippen molar-refractivity contribution in [2.45, 2.75) is 45.1 Å². The van der Waals surface area contributed by atoms with Crippen molar-refractivity contribution in [3.63, 3.8) is 0 Å². The maximum atomic E-state index is 14.2. The molecule has 6 nitrogen and oxygen atoms in total. The monoisotopic (exact) mass is 584 g/mol. The molecule has 4 rings (SSSR count). The quantitative estimate of drug-likeness (QED) is 0.254. The fraction of sp³-hybridized carbons (Fsp3) is 0.348. The van der Waals surface area contributed by atoms with Gasteiger partial charge in [0.25, 0.3) is 0 Å². The zero-order chi connectivity index (χ0) is 24.2. The Hall–Kier alpha value is -2.01. The van der Waals surface area contributed by atoms with Crippen LogP contribution in [0.1, 0.15) is 52.0 Å². The maximum absolute atomic E-state index is 14.2. The molecular formula is C23H23BrClFN4O2S2. The third-order valence-electron chi connectivity index (χ3n) is 5.62. The number of ether oxygens (including phenoxy) is 1. The van der Waals surface area contributed by atoms with Crippen LogP contribution in [-0.2, 0) is 24.1 Å². The summed E-state index contributed by atoms with van der Waals surface area (Å²) in [5.74, 6) is -0.301. The van der Waals surface area contributed by atoms with Gasteiger partial charge in [0, 0.05) is 21.7 Å². The number of thiophene rings is 1. The molecule has 0 saturated heterocycles. The van der Waals surface area contributed by atoms with E-state index >= 15 is 0 Å². The van der Waals surface area contributed by atoms with E-state index < -0.39 is 5.82 Å². The molecule has 0 radical (unpaired) electrons. The van der Waals surface area contributed by atoms with E-state index in [0.29, 0.717) is 31.4 Å². The molecule has 1 aliphatic rings. The number of nitrogens with one attached hydrogen (secondary N) is 2. The summed E-state index contributed by atoms with van der Waals surface area (Å²) in [4.78, 5) is 13.8. The fourth-order valence-corrected chi connectivity index (χ4v) is 6.16. The van der Waals surface area contributed by atoms with E-state index in [1.807, 2.05) is 0 Å². The normalized spacial score (nSPS) is 13.5. The molecule has 2 heterocycles. The lowest BCUT2D eigenvalue weighted by atomic mass is 9.96. The highest BCUT2D eigenvalue weighted by molar-refractivity contribution is 9.10. The molecule has 1 aliphatic carbocycles. The number of esters is 1. The van der Waals surface area contributed by atoms with Gasteiger partial charge in [-0.05, 0) is 71.5 Å². The van der Waals surface area contributed by atoms with Crippen LogP contribution >= 0.6 is 51.1 Å². The molecule has 0 unspecified atom stereocenters. The van der Waals surface area contributed by atoms with Crippen LogP contribution in [0.4, 0.5) is 15.2 Å². The van der Waals surface area contributed by atoms with Crippen molar-refractivity contribution in [3.05, 3.63) is 61.3 Å². The zero-order valence-electron chi connectivity index (χ0n) is 18.4. The van der Waals surface area contributed by atoms with E-state index in [9.17, 15) is 9.18 Å². The number of methoxy groups -OCH3 is 1. The molecule has 0 bridgehead atoms. The number of aryl methyl sites for hydroxylation is 1. The van der Waals surface area contributed by atoms with E-state index in [2.05, 4.69) is 31.7 Å². The van der Waals surface area contributed by atoms with Crippen LogP contribution in [0.5, 0.6) is 0 Å². The number of rotatable bonds is 5. The smallest absolute Gasteiger partial charge is 0.341 e. The molecule has 34 heavy (non-hydrogen) atoms. The van der Waals surface area contributed by atoms with Crippen molar-refractivity contribution >= 4 is 73.0 Å². The van der Waals surface area contributed by atoms with Crippen molar-refractivity contribution in [1.29, 1.82) is 0 Å². The second-order valence-electron chi connectivity index (χ2n) is 7.92. The predicted molar refractivity (Wildman–Crippen MR) is 142 cm³/mol. The molecule has 0 fully saturated rings. The van der Waals surface area contributed by atoms with Gasteiger partial charge in [0.2, 0.25) is 0 Å². The lowest BCUT2D eigenvalue weighted by molar-refractivity contribution is 0.0601. The number of thiocarbonyl (C=S) groups is 1. The van der Waals surface area contributed by atoms with Crippen molar-refractivity contribution in [3.8, 4) is 0 Å². The fourth-order valence-electron chi connectivity index (χ4n) is 3.98. The average molecular weight is 586 g/mol. The van der Waals surface area contributed by atoms with Gasteiger partial charge in [0.05, 0.1) is 23.7 Å². The summed E-state index contributed by atoms with van der Waals surface area (Å²) in [6.07, 6.45) is 8.02. The molecule has 0 saturated carbocycles. The number of benzene rings is 1. The number of nitrogens with zero attached hydrogens (tertiary/aromatic N) is 2. The Morgan fingerprint density at radius 1 is 1.29 bits per heavy atom. The number of hydrogen-bond acceptors (Lipinski definition) is 5. The van der Waals surface area contributed by atoms with Gasteiger partial charge in [-0.2, -0.15) is 5.10 Å². The molecule has 11 heteroatoms. The van der Waals surface area contributed by atoms with E-state index in [0.717, 1.165) is 37.7 Å². The first-order valence-electron chi connectivity index (χ1n) is 10.8. The Bertz CT molecular complexity index is 1210. The molecule has 2 N–H and O–H groups in total. The SMILES string of the molecule is COC(=O)c1c(NC(=S)Nc2nn(Cc3c(F)cccc3Cl)cc2Br)sc2c1CCCCCC2. The average Bonchev–Trinajstić information content (AvgIpc) is 3.29. The van der Waals surface area contributed by atoms with Crippen molar-refractivity contribution in [1.82, 2.24) is 9.78 Å². The number of hydrogen-bond donors (Lipinski definition) is 2. The van der Waals surface area contributed by atoms with Gasteiger partial charge in [-0.15, -0.1) is 11.3 Å². The number of fused-ring (bicyclic) bond motifs is 1. The summed E-state index contributed by atoms with van der Waals surface area (Å²) < 4.78 is 21.4. The maximum Gasteiger partial charge on any atom is 0.341 e. The summed E-state index contributed by atoms with van der Waals surface area (Å²) in [5, 5.41) is 12.0. The standard InChI is InChI=1S/C23H23BrClFN4O2S2/c1-32-22(31)19-13-7-4-2-3-5-10-18(13)34-21(19)28-23(33)27-20-15(24)12-30(29-20)11-14-16(25)8-6-9-17(14)26/h6,8-9,12H,2-5,7,10-11H2,1H3,(H2,27,28,29,33). The summed E-state index contributed by atoms with van der Waals surface area (Å²) >= 11 is 16.7. The molecule has 180 valence electrons. The van der Waals surface area contributed by atoms with Crippen molar-refractivity contribution < 1.29 is 13.9 Å². The minimum Gasteiger partial charge on any atom is -0.465 e. The van der Waals surface area contributed by atoms with Crippen molar-refractivity contribution in [2.75, 3.05) is 17.7 Å². The number of aromatic nitrogens is 2. The number of carbonyl (C=O) groups is 1. The van der Waals surface area contributed by atoms with Crippen molar-refractivity contribution in [2.24, 2.45) is 0 Å². The molecule has 2 aromatic heterocycles. The lowest BCUT2D eigenvalue weighted by Gasteiger charge is -2.11. The molecule has 3 aromatic rings. The minimum absolute atomic E-state index is 0.163. The third-order valence-corrected chi connectivity index (χ3v) is 7.96. The summed E-state index contributed by atoms with van der Waals surface area (Å²) in [6.45, 7) is 0.163. The second kappa shape index (κ2) is 11.2. The Morgan fingerprint density at radius 3 is 2.79 bits per heavy atom. The van der Waals surface area contributed by atoms with Gasteiger partial charge in [-0.1, -0.05) is 30.5 Å². The van der Waals surface area contributed by atoms with Crippen LogP contribution in [0.2, 0.25) is 5.02 Å².